The van der Waals surface area contributed by atoms with Gasteiger partial charge in [-0.1, -0.05) is 26.0 Å². The van der Waals surface area contributed by atoms with Gasteiger partial charge >= 0.3 is 0 Å². The summed E-state index contributed by atoms with van der Waals surface area (Å²) in [5, 5.41) is 2.83. The van der Waals surface area contributed by atoms with Gasteiger partial charge < -0.3 is 29.0 Å². The van der Waals surface area contributed by atoms with Crippen LogP contribution < -0.4 is 5.32 Å². The highest BCUT2D eigenvalue weighted by Gasteiger charge is 2.67. The maximum atomic E-state index is 13.2. The first kappa shape index (κ1) is 28.7. The Labute approximate surface area is 214 Å². The van der Waals surface area contributed by atoms with E-state index in [2.05, 4.69) is 19.2 Å². The van der Waals surface area contributed by atoms with Gasteiger partial charge in [-0.25, -0.2) is 0 Å². The van der Waals surface area contributed by atoms with Crippen LogP contribution in [-0.4, -0.2) is 99.8 Å². The molecule has 36 heavy (non-hydrogen) atoms. The molecule has 204 valence electrons. The molecule has 0 aromatic carbocycles. The average molecular weight is 511 g/mol. The van der Waals surface area contributed by atoms with Crippen LogP contribution in [0, 0.1) is 17.8 Å². The second kappa shape index (κ2) is 13.6. The molecule has 3 amide bonds. The summed E-state index contributed by atoms with van der Waals surface area (Å²) in [7, 11) is 0. The average Bonchev–Trinajstić information content (AvgIpc) is 3.47. The van der Waals surface area contributed by atoms with Gasteiger partial charge in [-0.3, -0.25) is 19.3 Å². The molecule has 3 aliphatic rings. The molecule has 3 heterocycles. The Morgan fingerprint density at radius 1 is 1.03 bits per heavy atom. The zero-order valence-corrected chi connectivity index (χ0v) is 22.0. The Morgan fingerprint density at radius 3 is 2.50 bits per heavy atom. The van der Waals surface area contributed by atoms with Gasteiger partial charge in [0.05, 0.1) is 70.2 Å². The summed E-state index contributed by atoms with van der Waals surface area (Å²) in [4.78, 5) is 39.9. The maximum absolute atomic E-state index is 13.2. The molecule has 1 N–H and O–H groups in total. The summed E-state index contributed by atoms with van der Waals surface area (Å²) in [5.41, 5.74) is -0.912. The molecule has 0 spiro atoms. The smallest absolute Gasteiger partial charge is 0.236 e. The first-order valence-corrected chi connectivity index (χ1v) is 13.1. The van der Waals surface area contributed by atoms with Crippen molar-refractivity contribution in [1.82, 2.24) is 10.2 Å². The van der Waals surface area contributed by atoms with Crippen LogP contribution in [0.2, 0.25) is 0 Å². The number of likely N-dealkylation sites (tertiary alicyclic amines) is 1. The fourth-order valence-corrected chi connectivity index (χ4v) is 4.87. The summed E-state index contributed by atoms with van der Waals surface area (Å²) in [6.45, 7) is 11.9. The third-order valence-corrected chi connectivity index (χ3v) is 6.52. The monoisotopic (exact) mass is 510 g/mol. The van der Waals surface area contributed by atoms with Crippen LogP contribution in [0.1, 0.15) is 40.5 Å². The minimum atomic E-state index is -0.912. The molecule has 2 fully saturated rings. The Kier molecular flexibility index (Phi) is 10.9. The van der Waals surface area contributed by atoms with Gasteiger partial charge in [0, 0.05) is 19.6 Å². The number of ether oxygens (including phenoxy) is 5. The van der Waals surface area contributed by atoms with Crippen molar-refractivity contribution < 1.29 is 38.1 Å². The molecule has 2 bridgehead atoms. The Bertz CT molecular complexity index is 786. The van der Waals surface area contributed by atoms with Gasteiger partial charge in [-0.2, -0.15) is 0 Å². The van der Waals surface area contributed by atoms with E-state index in [1.807, 2.05) is 26.0 Å². The highest BCUT2D eigenvalue weighted by molar-refractivity contribution is 6.07. The van der Waals surface area contributed by atoms with Gasteiger partial charge in [0.2, 0.25) is 17.7 Å². The fraction of sp³-hybridized carbons (Fsp3) is 0.808. The third kappa shape index (κ3) is 7.35. The number of nitrogens with zero attached hydrogens (tertiary/aromatic N) is 1. The van der Waals surface area contributed by atoms with Crippen molar-refractivity contribution in [2.24, 2.45) is 17.8 Å². The van der Waals surface area contributed by atoms with E-state index in [4.69, 9.17) is 23.7 Å². The number of imide groups is 1. The number of amides is 3. The summed E-state index contributed by atoms with van der Waals surface area (Å²) < 4.78 is 28.0. The van der Waals surface area contributed by atoms with Crippen LogP contribution in [0.15, 0.2) is 12.2 Å². The SMILES string of the molecule is CC(C)COCCOCCN1C(=O)C2C3C=CC(CCC(=O)NCCOCCOC(C)C)(O3)C2C1=O. The van der Waals surface area contributed by atoms with E-state index in [1.165, 1.54) is 4.90 Å². The number of rotatable bonds is 18. The first-order valence-electron chi connectivity index (χ1n) is 13.1. The lowest BCUT2D eigenvalue weighted by atomic mass is 9.75. The second-order valence-electron chi connectivity index (χ2n) is 10.2. The number of carbonyl (C=O) groups is 3. The van der Waals surface area contributed by atoms with E-state index in [9.17, 15) is 14.4 Å². The molecule has 0 saturated carbocycles. The number of carbonyl (C=O) groups excluding carboxylic acids is 3. The second-order valence-corrected chi connectivity index (χ2v) is 10.2. The van der Waals surface area contributed by atoms with Crippen molar-refractivity contribution in [1.29, 1.82) is 0 Å². The molecule has 0 radical (unpaired) electrons. The van der Waals surface area contributed by atoms with E-state index in [-0.39, 0.29) is 43.4 Å². The summed E-state index contributed by atoms with van der Waals surface area (Å²) >= 11 is 0. The van der Waals surface area contributed by atoms with Gasteiger partial charge in [-0.15, -0.1) is 0 Å². The number of hydrogen-bond donors (Lipinski definition) is 1. The minimum absolute atomic E-state index is 0.142. The van der Waals surface area contributed by atoms with Crippen molar-refractivity contribution >= 4 is 17.7 Å². The van der Waals surface area contributed by atoms with Crippen molar-refractivity contribution in [3.63, 3.8) is 0 Å². The Hall–Kier alpha value is -1.85. The van der Waals surface area contributed by atoms with Crippen molar-refractivity contribution in [3.8, 4) is 0 Å². The van der Waals surface area contributed by atoms with Gasteiger partial charge in [0.1, 0.15) is 5.60 Å². The largest absolute Gasteiger partial charge is 0.379 e. The van der Waals surface area contributed by atoms with Crippen molar-refractivity contribution in [3.05, 3.63) is 12.2 Å². The zero-order chi connectivity index (χ0) is 26.1. The van der Waals surface area contributed by atoms with Gasteiger partial charge in [-0.05, 0) is 26.2 Å². The topological polar surface area (TPSA) is 113 Å². The molecule has 10 heteroatoms. The summed E-state index contributed by atoms with van der Waals surface area (Å²) in [6.07, 6.45) is 3.98. The summed E-state index contributed by atoms with van der Waals surface area (Å²) in [6, 6.07) is 0. The van der Waals surface area contributed by atoms with Gasteiger partial charge in [0.25, 0.3) is 0 Å². The standard InChI is InChI=1S/C26H42N2O8/c1-18(2)17-34-14-13-33-12-10-28-24(30)22-20-5-7-26(36-20,23(22)25(28)31)8-6-21(29)27-9-11-32-15-16-35-19(3)4/h5,7,18-20,22-23H,6,8-17H2,1-4H3,(H,27,29). The van der Waals surface area contributed by atoms with Crippen molar-refractivity contribution in [2.75, 3.05) is 59.3 Å². The van der Waals surface area contributed by atoms with Crippen LogP contribution in [0.5, 0.6) is 0 Å². The Balaban J connectivity index is 1.39. The predicted molar refractivity (Wildman–Crippen MR) is 131 cm³/mol. The molecule has 0 aliphatic carbocycles. The predicted octanol–water partition coefficient (Wildman–Crippen LogP) is 1.32. The molecule has 2 saturated heterocycles. The molecule has 10 nitrogen and oxygen atoms in total. The molecule has 4 unspecified atom stereocenters. The van der Waals surface area contributed by atoms with E-state index in [1.54, 1.807) is 0 Å². The quantitative estimate of drug-likeness (QED) is 0.167. The van der Waals surface area contributed by atoms with Crippen LogP contribution >= 0.6 is 0 Å². The highest BCUT2D eigenvalue weighted by atomic mass is 16.5. The summed E-state index contributed by atoms with van der Waals surface area (Å²) in [5.74, 6) is -1.26. The maximum Gasteiger partial charge on any atom is 0.236 e. The third-order valence-electron chi connectivity index (χ3n) is 6.52. The minimum Gasteiger partial charge on any atom is -0.379 e. The van der Waals surface area contributed by atoms with E-state index >= 15 is 0 Å². The molecular weight excluding hydrogens is 468 g/mol. The molecule has 0 aromatic heterocycles. The number of nitrogens with one attached hydrogen (secondary N) is 1. The highest BCUT2D eigenvalue weighted by Crippen LogP contribution is 2.53. The molecule has 3 aliphatic heterocycles. The van der Waals surface area contributed by atoms with E-state index in [0.717, 1.165) is 0 Å². The lowest BCUT2D eigenvalue weighted by Crippen LogP contribution is -2.42. The van der Waals surface area contributed by atoms with Crippen LogP contribution in [0.4, 0.5) is 0 Å². The van der Waals surface area contributed by atoms with Crippen LogP contribution in [0.25, 0.3) is 0 Å². The van der Waals surface area contributed by atoms with Crippen molar-refractivity contribution in [2.45, 2.75) is 58.3 Å². The molecule has 0 aromatic rings. The first-order chi connectivity index (χ1) is 17.2. The fourth-order valence-electron chi connectivity index (χ4n) is 4.87. The van der Waals surface area contributed by atoms with E-state index in [0.29, 0.717) is 58.5 Å². The number of hydrogen-bond acceptors (Lipinski definition) is 8. The molecule has 3 rings (SSSR count). The lowest BCUT2D eigenvalue weighted by Gasteiger charge is -2.28. The van der Waals surface area contributed by atoms with Crippen LogP contribution in [0.3, 0.4) is 0 Å². The molecular formula is C26H42N2O8. The van der Waals surface area contributed by atoms with Gasteiger partial charge in [0.15, 0.2) is 0 Å². The van der Waals surface area contributed by atoms with Crippen LogP contribution in [-0.2, 0) is 38.1 Å². The lowest BCUT2D eigenvalue weighted by molar-refractivity contribution is -0.145. The number of fused-ring (bicyclic) bond motifs is 5. The molecule has 4 atom stereocenters. The van der Waals surface area contributed by atoms with E-state index < -0.39 is 23.5 Å². The Morgan fingerprint density at radius 2 is 1.75 bits per heavy atom. The normalized spacial score (nSPS) is 26.6. The zero-order valence-electron chi connectivity index (χ0n) is 22.0.